The van der Waals surface area contributed by atoms with Crippen molar-refractivity contribution in [2.75, 3.05) is 16.2 Å². The minimum Gasteiger partial charge on any atom is -0.312 e. The van der Waals surface area contributed by atoms with E-state index >= 15 is 0 Å². The van der Waals surface area contributed by atoms with Crippen LogP contribution >= 0.6 is 0 Å². The number of nitrogens with zero attached hydrogens (tertiary/aromatic N) is 2. The highest BCUT2D eigenvalue weighted by atomic mass is 32.2. The number of benzene rings is 2. The molecule has 1 N–H and O–H groups in total. The molecule has 128 valence electrons. The summed E-state index contributed by atoms with van der Waals surface area (Å²) >= 11 is 0. The zero-order valence-corrected chi connectivity index (χ0v) is 14.3. The average molecular weight is 355 g/mol. The Morgan fingerprint density at radius 2 is 1.68 bits per heavy atom. The van der Waals surface area contributed by atoms with Gasteiger partial charge in [-0.25, -0.2) is 8.42 Å². The lowest BCUT2D eigenvalue weighted by atomic mass is 10.1. The third-order valence-electron chi connectivity index (χ3n) is 4.05. The van der Waals surface area contributed by atoms with Crippen LogP contribution in [0.3, 0.4) is 0 Å². The first-order valence-electron chi connectivity index (χ1n) is 7.93. The van der Waals surface area contributed by atoms with Gasteiger partial charge in [-0.2, -0.15) is 5.26 Å². The highest BCUT2D eigenvalue weighted by Gasteiger charge is 2.20. The van der Waals surface area contributed by atoms with Crippen LogP contribution in [0, 0.1) is 11.3 Å². The van der Waals surface area contributed by atoms with Crippen LogP contribution in [0.1, 0.15) is 24.8 Å². The number of carbonyl (C=O) groups excluding carboxylic acids is 1. The second-order valence-electron chi connectivity index (χ2n) is 5.79. The maximum atomic E-state index is 12.5. The predicted octanol–water partition coefficient (Wildman–Crippen LogP) is 2.88. The minimum atomic E-state index is -3.73. The fourth-order valence-corrected chi connectivity index (χ4v) is 3.77. The van der Waals surface area contributed by atoms with Gasteiger partial charge in [0.2, 0.25) is 5.91 Å². The van der Waals surface area contributed by atoms with E-state index in [0.29, 0.717) is 29.9 Å². The van der Waals surface area contributed by atoms with E-state index in [2.05, 4.69) is 4.72 Å². The highest BCUT2D eigenvalue weighted by Crippen LogP contribution is 2.23. The van der Waals surface area contributed by atoms with Crippen molar-refractivity contribution < 1.29 is 13.2 Å². The molecule has 0 atom stereocenters. The summed E-state index contributed by atoms with van der Waals surface area (Å²) < 4.78 is 27.4. The first kappa shape index (κ1) is 17.0. The summed E-state index contributed by atoms with van der Waals surface area (Å²) in [5.41, 5.74) is 1.55. The maximum absolute atomic E-state index is 12.5. The Morgan fingerprint density at radius 3 is 2.28 bits per heavy atom. The lowest BCUT2D eigenvalue weighted by Gasteiger charge is -2.26. The zero-order valence-electron chi connectivity index (χ0n) is 13.5. The van der Waals surface area contributed by atoms with Crippen molar-refractivity contribution in [1.29, 1.82) is 5.26 Å². The second-order valence-corrected chi connectivity index (χ2v) is 7.47. The van der Waals surface area contributed by atoms with E-state index in [1.165, 1.54) is 24.3 Å². The normalized spacial score (nSPS) is 14.8. The molecule has 0 radical (unpaired) electrons. The Bertz CT molecular complexity index is 914. The molecule has 0 bridgehead atoms. The molecule has 0 saturated carbocycles. The molecule has 7 heteroatoms. The van der Waals surface area contributed by atoms with Crippen molar-refractivity contribution in [2.45, 2.75) is 24.2 Å². The van der Waals surface area contributed by atoms with E-state index in [9.17, 15) is 13.2 Å². The Morgan fingerprint density at radius 1 is 1.00 bits per heavy atom. The predicted molar refractivity (Wildman–Crippen MR) is 94.6 cm³/mol. The van der Waals surface area contributed by atoms with Crippen LogP contribution in [-0.2, 0) is 14.8 Å². The number of rotatable bonds is 4. The van der Waals surface area contributed by atoms with Crippen molar-refractivity contribution in [3.63, 3.8) is 0 Å². The average Bonchev–Trinajstić information content (AvgIpc) is 2.63. The third-order valence-corrected chi connectivity index (χ3v) is 5.45. The van der Waals surface area contributed by atoms with Gasteiger partial charge in [-0.1, -0.05) is 0 Å². The fraction of sp³-hybridized carbons (Fsp3) is 0.222. The molecule has 2 aromatic rings. The van der Waals surface area contributed by atoms with Crippen molar-refractivity contribution >= 4 is 27.3 Å². The lowest BCUT2D eigenvalue weighted by molar-refractivity contribution is -0.119. The zero-order chi connectivity index (χ0) is 17.9. The molecule has 1 aliphatic heterocycles. The van der Waals surface area contributed by atoms with E-state index in [4.69, 9.17) is 5.26 Å². The Labute approximate surface area is 146 Å². The first-order chi connectivity index (χ1) is 12.0. The molecule has 1 fully saturated rings. The van der Waals surface area contributed by atoms with Gasteiger partial charge in [-0.3, -0.25) is 9.52 Å². The van der Waals surface area contributed by atoms with E-state index in [1.54, 1.807) is 29.2 Å². The van der Waals surface area contributed by atoms with Crippen molar-refractivity contribution in [3.8, 4) is 6.07 Å². The highest BCUT2D eigenvalue weighted by molar-refractivity contribution is 7.92. The molecule has 0 unspecified atom stereocenters. The molecule has 1 saturated heterocycles. The van der Waals surface area contributed by atoms with Gasteiger partial charge >= 0.3 is 0 Å². The van der Waals surface area contributed by atoms with Gasteiger partial charge in [0.15, 0.2) is 0 Å². The number of carbonyl (C=O) groups is 1. The summed E-state index contributed by atoms with van der Waals surface area (Å²) in [7, 11) is -3.73. The van der Waals surface area contributed by atoms with Crippen LogP contribution in [0.5, 0.6) is 0 Å². The van der Waals surface area contributed by atoms with Gasteiger partial charge in [-0.05, 0) is 61.4 Å². The Hall–Kier alpha value is -2.85. The van der Waals surface area contributed by atoms with Crippen LogP contribution in [0.2, 0.25) is 0 Å². The van der Waals surface area contributed by atoms with E-state index in [1.807, 2.05) is 6.07 Å². The van der Waals surface area contributed by atoms with Crippen molar-refractivity contribution in [3.05, 3.63) is 54.1 Å². The SMILES string of the molecule is N#Cc1ccc(NS(=O)(=O)c2ccc(N3CCCCC3=O)cc2)cc1. The second kappa shape index (κ2) is 6.95. The van der Waals surface area contributed by atoms with Crippen LogP contribution in [0.4, 0.5) is 11.4 Å². The van der Waals surface area contributed by atoms with Crippen LogP contribution in [0.25, 0.3) is 0 Å². The molecule has 1 heterocycles. The summed E-state index contributed by atoms with van der Waals surface area (Å²) in [4.78, 5) is 13.7. The molecular weight excluding hydrogens is 338 g/mol. The summed E-state index contributed by atoms with van der Waals surface area (Å²) in [6.07, 6.45) is 2.38. The molecule has 0 aliphatic carbocycles. The number of sulfonamides is 1. The van der Waals surface area contributed by atoms with Gasteiger partial charge in [0.25, 0.3) is 10.0 Å². The summed E-state index contributed by atoms with van der Waals surface area (Å²) in [6, 6.07) is 14.4. The topological polar surface area (TPSA) is 90.3 Å². The minimum absolute atomic E-state index is 0.0672. The van der Waals surface area contributed by atoms with Gasteiger partial charge in [0.05, 0.1) is 16.5 Å². The molecule has 1 amide bonds. The Kier molecular flexibility index (Phi) is 4.72. The number of nitriles is 1. The smallest absolute Gasteiger partial charge is 0.261 e. The molecule has 25 heavy (non-hydrogen) atoms. The third kappa shape index (κ3) is 3.80. The van der Waals surface area contributed by atoms with Gasteiger partial charge in [0, 0.05) is 24.3 Å². The number of piperidine rings is 1. The number of anilines is 2. The molecular formula is C18H17N3O3S. The number of nitrogens with one attached hydrogen (secondary N) is 1. The Balaban J connectivity index is 1.78. The molecule has 2 aromatic carbocycles. The monoisotopic (exact) mass is 355 g/mol. The standard InChI is InChI=1S/C18H17N3O3S/c19-13-14-4-6-15(7-5-14)20-25(23,24)17-10-8-16(9-11-17)21-12-2-1-3-18(21)22/h4-11,20H,1-3,12H2. The van der Waals surface area contributed by atoms with E-state index in [-0.39, 0.29) is 10.8 Å². The lowest BCUT2D eigenvalue weighted by Crippen LogP contribution is -2.35. The molecule has 0 spiro atoms. The quantitative estimate of drug-likeness (QED) is 0.913. The van der Waals surface area contributed by atoms with E-state index < -0.39 is 10.0 Å². The van der Waals surface area contributed by atoms with Gasteiger partial charge in [-0.15, -0.1) is 0 Å². The number of amides is 1. The van der Waals surface area contributed by atoms with Gasteiger partial charge in [0.1, 0.15) is 0 Å². The summed E-state index contributed by atoms with van der Waals surface area (Å²) in [6.45, 7) is 0.661. The number of hydrogen-bond acceptors (Lipinski definition) is 4. The van der Waals surface area contributed by atoms with Gasteiger partial charge < -0.3 is 4.90 Å². The molecule has 3 rings (SSSR count). The molecule has 6 nitrogen and oxygen atoms in total. The maximum Gasteiger partial charge on any atom is 0.261 e. The van der Waals surface area contributed by atoms with Crippen molar-refractivity contribution in [2.24, 2.45) is 0 Å². The van der Waals surface area contributed by atoms with Crippen LogP contribution in [0.15, 0.2) is 53.4 Å². The molecule has 1 aliphatic rings. The largest absolute Gasteiger partial charge is 0.312 e. The van der Waals surface area contributed by atoms with Crippen LogP contribution < -0.4 is 9.62 Å². The van der Waals surface area contributed by atoms with Crippen molar-refractivity contribution in [1.82, 2.24) is 0 Å². The summed E-state index contributed by atoms with van der Waals surface area (Å²) in [5.74, 6) is 0.0672. The molecule has 0 aromatic heterocycles. The summed E-state index contributed by atoms with van der Waals surface area (Å²) in [5, 5.41) is 8.77. The number of hydrogen-bond donors (Lipinski definition) is 1. The fourth-order valence-electron chi connectivity index (χ4n) is 2.71. The van der Waals surface area contributed by atoms with E-state index in [0.717, 1.165) is 12.8 Å². The van der Waals surface area contributed by atoms with Crippen LogP contribution in [-0.4, -0.2) is 20.9 Å². The first-order valence-corrected chi connectivity index (χ1v) is 9.41.